The first-order valence-electron chi connectivity index (χ1n) is 8.21. The zero-order valence-electron chi connectivity index (χ0n) is 14.3. The topological polar surface area (TPSA) is 64.7 Å². The van der Waals surface area contributed by atoms with Gasteiger partial charge in [0, 0.05) is 17.5 Å². The maximum Gasteiger partial charge on any atom is 0.242 e. The molecule has 3 rings (SSSR count). The number of aromatic nitrogens is 4. The Labute approximate surface area is 136 Å². The maximum atomic E-state index is 12.3. The number of carbonyl (C=O) groups excluding carboxylic acids is 1. The predicted octanol–water partition coefficient (Wildman–Crippen LogP) is 2.34. The lowest BCUT2D eigenvalue weighted by atomic mass is 9.92. The average molecular weight is 315 g/mol. The molecule has 0 fully saturated rings. The largest absolute Gasteiger partial charge is 0.348 e. The fraction of sp³-hybridized carbons (Fsp3) is 0.588. The summed E-state index contributed by atoms with van der Waals surface area (Å²) in [5, 5.41) is 12.0. The van der Waals surface area contributed by atoms with Crippen LogP contribution in [0.2, 0.25) is 0 Å². The van der Waals surface area contributed by atoms with Gasteiger partial charge in [-0.1, -0.05) is 0 Å². The van der Waals surface area contributed by atoms with Gasteiger partial charge in [0.15, 0.2) is 0 Å². The van der Waals surface area contributed by atoms with Crippen molar-refractivity contribution in [2.75, 3.05) is 0 Å². The van der Waals surface area contributed by atoms with Gasteiger partial charge in [0.25, 0.3) is 0 Å². The van der Waals surface area contributed by atoms with Crippen LogP contribution in [0.1, 0.15) is 56.6 Å². The number of nitrogens with one attached hydrogen (secondary N) is 1. The summed E-state index contributed by atoms with van der Waals surface area (Å²) in [4.78, 5) is 12.3. The third-order valence-electron chi connectivity index (χ3n) is 4.23. The lowest BCUT2D eigenvalue weighted by Crippen LogP contribution is -2.34. The van der Waals surface area contributed by atoms with Crippen LogP contribution in [0, 0.1) is 6.92 Å². The molecule has 23 heavy (non-hydrogen) atoms. The SMILES string of the molecule is Cc1ccn(CC(=O)N[C@@H]2CCCc3c2cnn3C(C)(C)C)n1. The molecule has 1 amide bonds. The van der Waals surface area contributed by atoms with Crippen molar-refractivity contribution in [3.8, 4) is 0 Å². The molecule has 0 aliphatic heterocycles. The Morgan fingerprint density at radius 2 is 2.22 bits per heavy atom. The molecule has 0 radical (unpaired) electrons. The van der Waals surface area contributed by atoms with Gasteiger partial charge in [0.1, 0.15) is 6.54 Å². The Bertz CT molecular complexity index is 707. The van der Waals surface area contributed by atoms with Crippen molar-refractivity contribution in [2.45, 2.75) is 65.1 Å². The van der Waals surface area contributed by atoms with Crippen LogP contribution < -0.4 is 5.32 Å². The second-order valence-corrected chi connectivity index (χ2v) is 7.30. The quantitative estimate of drug-likeness (QED) is 0.945. The number of hydrogen-bond donors (Lipinski definition) is 1. The monoisotopic (exact) mass is 315 g/mol. The molecule has 0 unspecified atom stereocenters. The minimum atomic E-state index is -0.0356. The second-order valence-electron chi connectivity index (χ2n) is 7.30. The molecule has 2 aromatic heterocycles. The van der Waals surface area contributed by atoms with E-state index in [4.69, 9.17) is 0 Å². The van der Waals surface area contributed by atoms with Crippen molar-refractivity contribution in [1.82, 2.24) is 24.9 Å². The van der Waals surface area contributed by atoms with Crippen LogP contribution in [0.25, 0.3) is 0 Å². The standard InChI is InChI=1S/C17H25N5O/c1-12-8-9-21(20-12)11-16(23)19-14-6-5-7-15-13(14)10-18-22(15)17(2,3)4/h8-10,14H,5-7,11H2,1-4H3,(H,19,23)/t14-/m1/s1. The molecule has 2 heterocycles. The molecule has 6 heteroatoms. The van der Waals surface area contributed by atoms with Crippen LogP contribution in [-0.4, -0.2) is 25.5 Å². The van der Waals surface area contributed by atoms with E-state index in [1.165, 1.54) is 5.69 Å². The molecule has 0 aromatic carbocycles. The van der Waals surface area contributed by atoms with Crippen LogP contribution in [0.3, 0.4) is 0 Å². The van der Waals surface area contributed by atoms with Crippen molar-refractivity contribution in [3.05, 3.63) is 35.4 Å². The lowest BCUT2D eigenvalue weighted by Gasteiger charge is -2.28. The highest BCUT2D eigenvalue weighted by Crippen LogP contribution is 2.32. The average Bonchev–Trinajstić information content (AvgIpc) is 3.05. The van der Waals surface area contributed by atoms with Gasteiger partial charge in [0.05, 0.1) is 23.5 Å². The Balaban J connectivity index is 1.73. The first kappa shape index (κ1) is 15.8. The third kappa shape index (κ3) is 3.30. The Morgan fingerprint density at radius 3 is 2.87 bits per heavy atom. The van der Waals surface area contributed by atoms with E-state index in [0.29, 0.717) is 0 Å². The summed E-state index contributed by atoms with van der Waals surface area (Å²) in [6.07, 6.45) is 6.81. The molecule has 124 valence electrons. The normalized spacial score (nSPS) is 17.8. The van der Waals surface area contributed by atoms with Crippen molar-refractivity contribution >= 4 is 5.91 Å². The van der Waals surface area contributed by atoms with E-state index in [2.05, 4.69) is 41.0 Å². The molecular weight excluding hydrogens is 290 g/mol. The van der Waals surface area contributed by atoms with Crippen LogP contribution in [0.15, 0.2) is 18.5 Å². The number of fused-ring (bicyclic) bond motifs is 1. The summed E-state index contributed by atoms with van der Waals surface area (Å²) < 4.78 is 3.77. The van der Waals surface area contributed by atoms with Gasteiger partial charge in [-0.05, 0) is 53.0 Å². The molecule has 1 N–H and O–H groups in total. The number of aryl methyl sites for hydroxylation is 1. The number of carbonyl (C=O) groups is 1. The Morgan fingerprint density at radius 1 is 1.43 bits per heavy atom. The fourth-order valence-corrected chi connectivity index (χ4v) is 3.22. The maximum absolute atomic E-state index is 12.3. The molecule has 6 nitrogen and oxygen atoms in total. The summed E-state index contributed by atoms with van der Waals surface area (Å²) >= 11 is 0. The van der Waals surface area contributed by atoms with Gasteiger partial charge in [-0.3, -0.25) is 14.2 Å². The van der Waals surface area contributed by atoms with E-state index < -0.39 is 0 Å². The first-order chi connectivity index (χ1) is 10.8. The van der Waals surface area contributed by atoms with Crippen molar-refractivity contribution in [2.24, 2.45) is 0 Å². The van der Waals surface area contributed by atoms with Crippen molar-refractivity contribution in [3.63, 3.8) is 0 Å². The van der Waals surface area contributed by atoms with E-state index >= 15 is 0 Å². The van der Waals surface area contributed by atoms with Gasteiger partial charge in [-0.15, -0.1) is 0 Å². The fourth-order valence-electron chi connectivity index (χ4n) is 3.22. The smallest absolute Gasteiger partial charge is 0.242 e. The highest BCUT2D eigenvalue weighted by molar-refractivity contribution is 5.76. The molecular formula is C17H25N5O. The Hall–Kier alpha value is -2.11. The van der Waals surface area contributed by atoms with E-state index in [-0.39, 0.29) is 24.0 Å². The van der Waals surface area contributed by atoms with E-state index in [9.17, 15) is 4.79 Å². The molecule has 1 atom stereocenters. The third-order valence-corrected chi connectivity index (χ3v) is 4.23. The molecule has 1 aliphatic rings. The van der Waals surface area contributed by atoms with Gasteiger partial charge in [-0.25, -0.2) is 0 Å². The first-order valence-corrected chi connectivity index (χ1v) is 8.21. The molecule has 0 saturated heterocycles. The number of rotatable bonds is 3. The molecule has 0 spiro atoms. The van der Waals surface area contributed by atoms with Gasteiger partial charge in [0.2, 0.25) is 5.91 Å². The van der Waals surface area contributed by atoms with Gasteiger partial charge in [-0.2, -0.15) is 10.2 Å². The second kappa shape index (κ2) is 5.83. The van der Waals surface area contributed by atoms with Crippen LogP contribution in [0.4, 0.5) is 0 Å². The highest BCUT2D eigenvalue weighted by Gasteiger charge is 2.28. The minimum absolute atomic E-state index is 0.00513. The number of hydrogen-bond acceptors (Lipinski definition) is 3. The molecule has 0 bridgehead atoms. The van der Waals surface area contributed by atoms with Crippen LogP contribution in [0.5, 0.6) is 0 Å². The zero-order chi connectivity index (χ0) is 16.6. The summed E-state index contributed by atoms with van der Waals surface area (Å²) in [6, 6.07) is 1.96. The predicted molar refractivity (Wildman–Crippen MR) is 88.0 cm³/mol. The van der Waals surface area contributed by atoms with E-state index in [0.717, 1.165) is 30.5 Å². The molecule has 0 saturated carbocycles. The lowest BCUT2D eigenvalue weighted by molar-refractivity contribution is -0.122. The summed E-state index contributed by atoms with van der Waals surface area (Å²) in [7, 11) is 0. The van der Waals surface area contributed by atoms with E-state index in [1.54, 1.807) is 4.68 Å². The summed E-state index contributed by atoms with van der Waals surface area (Å²) in [5.41, 5.74) is 3.30. The molecule has 2 aromatic rings. The van der Waals surface area contributed by atoms with E-state index in [1.807, 2.05) is 25.4 Å². The van der Waals surface area contributed by atoms with Crippen LogP contribution in [-0.2, 0) is 23.3 Å². The van der Waals surface area contributed by atoms with Gasteiger partial charge >= 0.3 is 0 Å². The van der Waals surface area contributed by atoms with Crippen molar-refractivity contribution in [1.29, 1.82) is 0 Å². The highest BCUT2D eigenvalue weighted by atomic mass is 16.2. The molecule has 1 aliphatic carbocycles. The Kier molecular flexibility index (Phi) is 4.00. The summed E-state index contributed by atoms with van der Waals surface area (Å²) in [5.74, 6) is -0.00513. The zero-order valence-corrected chi connectivity index (χ0v) is 14.3. The summed E-state index contributed by atoms with van der Waals surface area (Å²) in [6.45, 7) is 8.64. The number of amides is 1. The number of nitrogens with zero attached hydrogens (tertiary/aromatic N) is 4. The van der Waals surface area contributed by atoms with Crippen LogP contribution >= 0.6 is 0 Å². The van der Waals surface area contributed by atoms with Gasteiger partial charge < -0.3 is 5.32 Å². The van der Waals surface area contributed by atoms with Crippen molar-refractivity contribution < 1.29 is 4.79 Å². The minimum Gasteiger partial charge on any atom is -0.348 e.